The zero-order valence-corrected chi connectivity index (χ0v) is 11.8. The van der Waals surface area contributed by atoms with Crippen molar-refractivity contribution in [2.45, 2.75) is 6.54 Å². The van der Waals surface area contributed by atoms with Crippen molar-refractivity contribution >= 4 is 22.8 Å². The predicted molar refractivity (Wildman–Crippen MR) is 79.9 cm³/mol. The monoisotopic (exact) mass is 299 g/mol. The van der Waals surface area contributed by atoms with Crippen molar-refractivity contribution in [2.24, 2.45) is 0 Å². The molecule has 0 spiro atoms. The molecule has 1 amide bonds. The second kappa shape index (κ2) is 5.72. The van der Waals surface area contributed by atoms with Gasteiger partial charge in [0, 0.05) is 11.9 Å². The molecule has 2 aromatic heterocycles. The number of hydrogen-bond donors (Lipinski definition) is 1. The van der Waals surface area contributed by atoms with Gasteiger partial charge in [0.1, 0.15) is 12.3 Å². The maximum Gasteiger partial charge on any atom is 0.421 e. The molecule has 0 radical (unpaired) electrons. The van der Waals surface area contributed by atoms with Gasteiger partial charge in [0.2, 0.25) is 5.91 Å². The molecule has 7 heteroatoms. The minimum absolute atomic E-state index is 0.172. The summed E-state index contributed by atoms with van der Waals surface area (Å²) in [5.74, 6) is -0.265. The number of amides is 1. The molecule has 0 fully saturated rings. The Morgan fingerprint density at radius 3 is 2.82 bits per heavy atom. The number of nitrogens with zero attached hydrogens (tertiary/aromatic N) is 2. The van der Waals surface area contributed by atoms with Crippen LogP contribution in [-0.2, 0) is 11.3 Å². The molecular formula is C15H13N3O4. The number of hydrogen-bond acceptors (Lipinski definition) is 5. The minimum Gasteiger partial charge on any atom is -0.497 e. The molecule has 112 valence electrons. The van der Waals surface area contributed by atoms with Crippen LogP contribution in [0.15, 0.2) is 51.8 Å². The molecule has 22 heavy (non-hydrogen) atoms. The highest BCUT2D eigenvalue weighted by Gasteiger charge is 2.13. The standard InChI is InChI=1S/C15H13N3O4/c1-21-11-6-4-10(5-7-11)17-13(19)9-18-14-12(22-15(18)20)3-2-8-16-14/h2-8H,9H2,1H3,(H,17,19). The van der Waals surface area contributed by atoms with Crippen molar-refractivity contribution in [3.8, 4) is 5.75 Å². The summed E-state index contributed by atoms with van der Waals surface area (Å²) >= 11 is 0. The SMILES string of the molecule is COc1ccc(NC(=O)Cn2c(=O)oc3cccnc32)cc1. The van der Waals surface area contributed by atoms with Crippen LogP contribution in [0.2, 0.25) is 0 Å². The topological polar surface area (TPSA) is 86.4 Å². The summed E-state index contributed by atoms with van der Waals surface area (Å²) < 4.78 is 11.3. The number of rotatable bonds is 4. The molecule has 3 aromatic rings. The Morgan fingerprint density at radius 1 is 1.32 bits per heavy atom. The van der Waals surface area contributed by atoms with Gasteiger partial charge < -0.3 is 14.5 Å². The maximum absolute atomic E-state index is 12.1. The highest BCUT2D eigenvalue weighted by atomic mass is 16.5. The predicted octanol–water partition coefficient (Wildman–Crippen LogP) is 1.64. The molecule has 2 heterocycles. The molecule has 0 saturated carbocycles. The lowest BCUT2D eigenvalue weighted by molar-refractivity contribution is -0.116. The number of methoxy groups -OCH3 is 1. The van der Waals surface area contributed by atoms with Crippen molar-refractivity contribution in [1.82, 2.24) is 9.55 Å². The van der Waals surface area contributed by atoms with E-state index in [0.29, 0.717) is 22.7 Å². The first-order valence-corrected chi connectivity index (χ1v) is 6.55. The fourth-order valence-corrected chi connectivity index (χ4v) is 2.06. The van der Waals surface area contributed by atoms with E-state index in [2.05, 4.69) is 10.3 Å². The minimum atomic E-state index is -0.612. The first-order valence-electron chi connectivity index (χ1n) is 6.55. The largest absolute Gasteiger partial charge is 0.497 e. The number of aromatic nitrogens is 2. The third kappa shape index (κ3) is 2.69. The Labute approximate surface area is 125 Å². The molecule has 0 bridgehead atoms. The van der Waals surface area contributed by atoms with Crippen molar-refractivity contribution in [3.05, 3.63) is 53.1 Å². The third-order valence-corrected chi connectivity index (χ3v) is 3.10. The van der Waals surface area contributed by atoms with Crippen LogP contribution in [0.25, 0.3) is 11.2 Å². The first kappa shape index (κ1) is 13.9. The Bertz CT molecular complexity index is 864. The highest BCUT2D eigenvalue weighted by molar-refractivity contribution is 5.91. The smallest absolute Gasteiger partial charge is 0.421 e. The van der Waals surface area contributed by atoms with Gasteiger partial charge in [-0.3, -0.25) is 4.79 Å². The van der Waals surface area contributed by atoms with Crippen LogP contribution in [0.3, 0.4) is 0 Å². The van der Waals surface area contributed by atoms with E-state index in [1.54, 1.807) is 43.5 Å². The van der Waals surface area contributed by atoms with Crippen molar-refractivity contribution in [1.29, 1.82) is 0 Å². The summed E-state index contributed by atoms with van der Waals surface area (Å²) in [5.41, 5.74) is 1.31. The molecule has 0 aliphatic carbocycles. The molecule has 1 N–H and O–H groups in total. The van der Waals surface area contributed by atoms with Gasteiger partial charge in [-0.15, -0.1) is 0 Å². The van der Waals surface area contributed by atoms with Crippen LogP contribution in [0, 0.1) is 0 Å². The van der Waals surface area contributed by atoms with E-state index >= 15 is 0 Å². The van der Waals surface area contributed by atoms with Crippen LogP contribution >= 0.6 is 0 Å². The van der Waals surface area contributed by atoms with Gasteiger partial charge >= 0.3 is 5.76 Å². The van der Waals surface area contributed by atoms with Gasteiger partial charge in [0.15, 0.2) is 11.2 Å². The fraction of sp³-hybridized carbons (Fsp3) is 0.133. The lowest BCUT2D eigenvalue weighted by atomic mass is 10.3. The van der Waals surface area contributed by atoms with Crippen LogP contribution in [0.5, 0.6) is 5.75 Å². The number of ether oxygens (including phenoxy) is 1. The van der Waals surface area contributed by atoms with E-state index in [1.165, 1.54) is 10.8 Å². The summed E-state index contributed by atoms with van der Waals surface area (Å²) in [6, 6.07) is 10.2. The van der Waals surface area contributed by atoms with Crippen molar-refractivity contribution < 1.29 is 13.9 Å². The molecular weight excluding hydrogens is 286 g/mol. The lowest BCUT2D eigenvalue weighted by Crippen LogP contribution is -2.25. The number of fused-ring (bicyclic) bond motifs is 1. The van der Waals surface area contributed by atoms with E-state index in [0.717, 1.165) is 0 Å². The summed E-state index contributed by atoms with van der Waals surface area (Å²) in [6.45, 7) is -0.172. The summed E-state index contributed by atoms with van der Waals surface area (Å²) in [7, 11) is 1.57. The summed E-state index contributed by atoms with van der Waals surface area (Å²) in [4.78, 5) is 27.9. The van der Waals surface area contributed by atoms with Gasteiger partial charge in [0.25, 0.3) is 0 Å². The third-order valence-electron chi connectivity index (χ3n) is 3.10. The van der Waals surface area contributed by atoms with Crippen LogP contribution in [0.4, 0.5) is 5.69 Å². The number of benzene rings is 1. The number of carbonyl (C=O) groups is 1. The number of carbonyl (C=O) groups excluding carboxylic acids is 1. The summed E-state index contributed by atoms with van der Waals surface area (Å²) in [5, 5.41) is 2.70. The van der Waals surface area contributed by atoms with E-state index in [9.17, 15) is 9.59 Å². The van der Waals surface area contributed by atoms with E-state index in [1.807, 2.05) is 0 Å². The van der Waals surface area contributed by atoms with Gasteiger partial charge in [-0.25, -0.2) is 14.3 Å². The average Bonchev–Trinajstić information content (AvgIpc) is 2.84. The van der Waals surface area contributed by atoms with E-state index in [4.69, 9.17) is 9.15 Å². The molecule has 0 saturated heterocycles. The van der Waals surface area contributed by atoms with Gasteiger partial charge in [-0.05, 0) is 36.4 Å². The van der Waals surface area contributed by atoms with Crippen LogP contribution < -0.4 is 15.8 Å². The van der Waals surface area contributed by atoms with Gasteiger partial charge in [0.05, 0.1) is 7.11 Å². The Kier molecular flexibility index (Phi) is 3.61. The zero-order chi connectivity index (χ0) is 15.5. The van der Waals surface area contributed by atoms with E-state index < -0.39 is 5.76 Å². The quantitative estimate of drug-likeness (QED) is 0.791. The van der Waals surface area contributed by atoms with Gasteiger partial charge in [-0.2, -0.15) is 0 Å². The maximum atomic E-state index is 12.1. The molecule has 0 unspecified atom stereocenters. The second-order valence-corrected chi connectivity index (χ2v) is 4.56. The molecule has 0 atom stereocenters. The Balaban J connectivity index is 1.78. The zero-order valence-electron chi connectivity index (χ0n) is 11.8. The van der Waals surface area contributed by atoms with Crippen LogP contribution in [0.1, 0.15) is 0 Å². The normalized spacial score (nSPS) is 10.6. The second-order valence-electron chi connectivity index (χ2n) is 4.56. The number of nitrogens with one attached hydrogen (secondary N) is 1. The van der Waals surface area contributed by atoms with Crippen molar-refractivity contribution in [3.63, 3.8) is 0 Å². The highest BCUT2D eigenvalue weighted by Crippen LogP contribution is 2.15. The number of oxazole rings is 1. The van der Waals surface area contributed by atoms with Crippen molar-refractivity contribution in [2.75, 3.05) is 12.4 Å². The fourth-order valence-electron chi connectivity index (χ4n) is 2.06. The average molecular weight is 299 g/mol. The first-order chi connectivity index (χ1) is 10.7. The number of anilines is 1. The molecule has 1 aromatic carbocycles. The Morgan fingerprint density at radius 2 is 2.09 bits per heavy atom. The molecule has 3 rings (SSSR count). The number of pyridine rings is 1. The molecule has 0 aliphatic rings. The lowest BCUT2D eigenvalue weighted by Gasteiger charge is -2.06. The van der Waals surface area contributed by atoms with E-state index in [-0.39, 0.29) is 12.5 Å². The molecule has 0 aliphatic heterocycles. The molecule has 7 nitrogen and oxygen atoms in total. The summed E-state index contributed by atoms with van der Waals surface area (Å²) in [6.07, 6.45) is 1.54. The Hall–Kier alpha value is -3.09. The van der Waals surface area contributed by atoms with Gasteiger partial charge in [-0.1, -0.05) is 0 Å². The van der Waals surface area contributed by atoms with Crippen LogP contribution in [-0.4, -0.2) is 22.6 Å².